The van der Waals surface area contributed by atoms with Crippen LogP contribution in [-0.4, -0.2) is 43.2 Å². The molecule has 100 valence electrons. The molecule has 0 spiro atoms. The van der Waals surface area contributed by atoms with Gasteiger partial charge in [0.15, 0.2) is 6.10 Å². The smallest absolute Gasteiger partial charge is 0.230 e. The Balaban J connectivity index is 2.06. The third kappa shape index (κ3) is 2.50. The first-order valence-corrected chi connectivity index (χ1v) is 6.72. The standard InChI is InChI=1S/C13H21N3O2/c14-8-11-9-16(6-7-18-11)12(17)13(10-15)4-2-1-3-5-13/h11H,1-7,9-10,15H2. The highest BCUT2D eigenvalue weighted by Gasteiger charge is 2.42. The number of nitrogens with two attached hydrogens (primary N) is 1. The Hall–Kier alpha value is -1.12. The molecule has 1 saturated heterocycles. The van der Waals surface area contributed by atoms with Crippen molar-refractivity contribution in [2.24, 2.45) is 11.1 Å². The summed E-state index contributed by atoms with van der Waals surface area (Å²) in [4.78, 5) is 14.4. The minimum Gasteiger partial charge on any atom is -0.360 e. The zero-order valence-corrected chi connectivity index (χ0v) is 10.7. The second kappa shape index (κ2) is 5.68. The highest BCUT2D eigenvalue weighted by atomic mass is 16.5. The molecule has 5 nitrogen and oxygen atoms in total. The van der Waals surface area contributed by atoms with Crippen LogP contribution in [0.2, 0.25) is 0 Å². The van der Waals surface area contributed by atoms with Crippen molar-refractivity contribution < 1.29 is 9.53 Å². The number of hydrogen-bond acceptors (Lipinski definition) is 4. The Morgan fingerprint density at radius 2 is 2.17 bits per heavy atom. The van der Waals surface area contributed by atoms with E-state index in [9.17, 15) is 4.79 Å². The Bertz CT molecular complexity index is 345. The maximum absolute atomic E-state index is 12.6. The summed E-state index contributed by atoms with van der Waals surface area (Å²) in [7, 11) is 0. The molecule has 2 aliphatic rings. The number of amides is 1. The fraction of sp³-hybridized carbons (Fsp3) is 0.846. The van der Waals surface area contributed by atoms with Gasteiger partial charge in [0.1, 0.15) is 0 Å². The van der Waals surface area contributed by atoms with Gasteiger partial charge in [0, 0.05) is 13.1 Å². The molecule has 1 aliphatic carbocycles. The first-order chi connectivity index (χ1) is 8.72. The second-order valence-electron chi connectivity index (χ2n) is 5.28. The first kappa shape index (κ1) is 13.3. The van der Waals surface area contributed by atoms with E-state index in [0.717, 1.165) is 25.7 Å². The van der Waals surface area contributed by atoms with Crippen LogP contribution in [0.3, 0.4) is 0 Å². The summed E-state index contributed by atoms with van der Waals surface area (Å²) in [5, 5.41) is 8.88. The third-order valence-corrected chi connectivity index (χ3v) is 4.15. The fourth-order valence-electron chi connectivity index (χ4n) is 2.98. The maximum Gasteiger partial charge on any atom is 0.230 e. The lowest BCUT2D eigenvalue weighted by atomic mass is 9.73. The molecular formula is C13H21N3O2. The summed E-state index contributed by atoms with van der Waals surface area (Å²) < 4.78 is 5.28. The van der Waals surface area contributed by atoms with Gasteiger partial charge in [-0.15, -0.1) is 0 Å². The Morgan fingerprint density at radius 3 is 2.78 bits per heavy atom. The monoisotopic (exact) mass is 251 g/mol. The van der Waals surface area contributed by atoms with Crippen molar-refractivity contribution in [1.29, 1.82) is 5.26 Å². The van der Waals surface area contributed by atoms with Gasteiger partial charge in [-0.25, -0.2) is 0 Å². The van der Waals surface area contributed by atoms with Gasteiger partial charge in [0.25, 0.3) is 0 Å². The number of carbonyl (C=O) groups excluding carboxylic acids is 1. The molecule has 0 radical (unpaired) electrons. The Kier molecular flexibility index (Phi) is 4.20. The van der Waals surface area contributed by atoms with Crippen LogP contribution in [0.25, 0.3) is 0 Å². The first-order valence-electron chi connectivity index (χ1n) is 6.72. The van der Waals surface area contributed by atoms with E-state index in [4.69, 9.17) is 15.7 Å². The molecule has 18 heavy (non-hydrogen) atoms. The largest absolute Gasteiger partial charge is 0.360 e. The van der Waals surface area contributed by atoms with Gasteiger partial charge in [-0.1, -0.05) is 19.3 Å². The van der Waals surface area contributed by atoms with E-state index in [2.05, 4.69) is 6.07 Å². The minimum atomic E-state index is -0.485. The van der Waals surface area contributed by atoms with Crippen molar-refractivity contribution in [3.8, 4) is 6.07 Å². The molecule has 0 aromatic carbocycles. The van der Waals surface area contributed by atoms with Gasteiger partial charge in [0.2, 0.25) is 5.91 Å². The van der Waals surface area contributed by atoms with Crippen LogP contribution in [0.15, 0.2) is 0 Å². The Morgan fingerprint density at radius 1 is 1.44 bits per heavy atom. The quantitative estimate of drug-likeness (QED) is 0.781. The van der Waals surface area contributed by atoms with Crippen LogP contribution in [0.1, 0.15) is 32.1 Å². The van der Waals surface area contributed by atoms with Gasteiger partial charge in [-0.05, 0) is 12.8 Å². The molecule has 0 aromatic rings. The number of nitriles is 1. The molecular weight excluding hydrogens is 230 g/mol. The molecule has 0 aromatic heterocycles. The number of nitrogens with zero attached hydrogens (tertiary/aromatic N) is 2. The third-order valence-electron chi connectivity index (χ3n) is 4.15. The van der Waals surface area contributed by atoms with E-state index in [1.165, 1.54) is 6.42 Å². The van der Waals surface area contributed by atoms with Gasteiger partial charge < -0.3 is 15.4 Å². The lowest BCUT2D eigenvalue weighted by Gasteiger charge is -2.41. The summed E-state index contributed by atoms with van der Waals surface area (Å²) in [6.45, 7) is 1.83. The summed E-state index contributed by atoms with van der Waals surface area (Å²) in [5.74, 6) is 0.133. The van der Waals surface area contributed by atoms with Crippen LogP contribution in [0.5, 0.6) is 0 Å². The number of morpholine rings is 1. The van der Waals surface area contributed by atoms with Gasteiger partial charge in [-0.2, -0.15) is 5.26 Å². The van der Waals surface area contributed by atoms with Crippen LogP contribution in [-0.2, 0) is 9.53 Å². The van der Waals surface area contributed by atoms with Crippen LogP contribution in [0, 0.1) is 16.7 Å². The normalized spacial score (nSPS) is 27.6. The maximum atomic E-state index is 12.6. The molecule has 1 atom stereocenters. The zero-order chi connectivity index (χ0) is 13.0. The summed E-state index contributed by atoms with van der Waals surface area (Å²) in [6, 6.07) is 2.07. The van der Waals surface area contributed by atoms with Crippen LogP contribution >= 0.6 is 0 Å². The SMILES string of the molecule is N#CC1CN(C(=O)C2(CN)CCCCC2)CCO1. The van der Waals surface area contributed by atoms with Crippen molar-refractivity contribution in [3.05, 3.63) is 0 Å². The lowest BCUT2D eigenvalue weighted by Crippen LogP contribution is -2.54. The van der Waals surface area contributed by atoms with E-state index < -0.39 is 6.10 Å². The number of rotatable bonds is 2. The molecule has 0 bridgehead atoms. The second-order valence-corrected chi connectivity index (χ2v) is 5.28. The Labute approximate surface area is 108 Å². The van der Waals surface area contributed by atoms with Crippen molar-refractivity contribution in [2.45, 2.75) is 38.2 Å². The van der Waals surface area contributed by atoms with E-state index in [0.29, 0.717) is 26.2 Å². The molecule has 1 aliphatic heterocycles. The van der Waals surface area contributed by atoms with Crippen molar-refractivity contribution in [3.63, 3.8) is 0 Å². The zero-order valence-electron chi connectivity index (χ0n) is 10.7. The molecule has 2 N–H and O–H groups in total. The van der Waals surface area contributed by atoms with E-state index >= 15 is 0 Å². The van der Waals surface area contributed by atoms with Crippen LogP contribution in [0.4, 0.5) is 0 Å². The predicted molar refractivity (Wildman–Crippen MR) is 66.5 cm³/mol. The summed E-state index contributed by atoms with van der Waals surface area (Å²) in [6.07, 6.45) is 4.64. The van der Waals surface area contributed by atoms with Gasteiger partial charge in [-0.3, -0.25) is 4.79 Å². The molecule has 1 saturated carbocycles. The van der Waals surface area contributed by atoms with Crippen LogP contribution < -0.4 is 5.73 Å². The highest BCUT2D eigenvalue weighted by molar-refractivity contribution is 5.83. The van der Waals surface area contributed by atoms with Crippen molar-refractivity contribution in [1.82, 2.24) is 4.90 Å². The molecule has 2 fully saturated rings. The average molecular weight is 251 g/mol. The van der Waals surface area contributed by atoms with E-state index in [-0.39, 0.29) is 11.3 Å². The molecule has 1 unspecified atom stereocenters. The number of ether oxygens (including phenoxy) is 1. The summed E-state index contributed by atoms with van der Waals surface area (Å²) in [5.41, 5.74) is 5.49. The van der Waals surface area contributed by atoms with E-state index in [1.54, 1.807) is 4.90 Å². The van der Waals surface area contributed by atoms with Crippen molar-refractivity contribution in [2.75, 3.05) is 26.2 Å². The molecule has 2 rings (SSSR count). The van der Waals surface area contributed by atoms with Gasteiger partial charge in [0.05, 0.1) is 24.6 Å². The summed E-state index contributed by atoms with van der Waals surface area (Å²) >= 11 is 0. The minimum absolute atomic E-state index is 0.133. The van der Waals surface area contributed by atoms with Crippen molar-refractivity contribution >= 4 is 5.91 Å². The molecule has 1 heterocycles. The molecule has 5 heteroatoms. The average Bonchev–Trinajstić information content (AvgIpc) is 2.47. The fourth-order valence-corrected chi connectivity index (χ4v) is 2.98. The lowest BCUT2D eigenvalue weighted by molar-refractivity contribution is -0.149. The number of carbonyl (C=O) groups is 1. The highest BCUT2D eigenvalue weighted by Crippen LogP contribution is 2.37. The topological polar surface area (TPSA) is 79.4 Å². The predicted octanol–water partition coefficient (Wildman–Crippen LogP) is 0.647. The van der Waals surface area contributed by atoms with E-state index in [1.807, 2.05) is 0 Å². The number of hydrogen-bond donors (Lipinski definition) is 1. The van der Waals surface area contributed by atoms with Gasteiger partial charge >= 0.3 is 0 Å². The molecule has 1 amide bonds.